The molecule has 0 unspecified atom stereocenters. The fraction of sp³-hybridized carbons (Fsp3) is 0.296. The molecule has 1 aliphatic heterocycles. The molecule has 0 aliphatic carbocycles. The van der Waals surface area contributed by atoms with E-state index in [1.165, 1.54) is 18.1 Å². The molecular formula is C27H31N3O5S2. The first-order chi connectivity index (χ1) is 18.0. The zero-order valence-electron chi connectivity index (χ0n) is 20.7. The van der Waals surface area contributed by atoms with Crippen molar-refractivity contribution in [2.75, 3.05) is 54.1 Å². The Kier molecular flexibility index (Phi) is 9.32. The topological polar surface area (TPSA) is 97.0 Å². The third kappa shape index (κ3) is 7.41. The predicted molar refractivity (Wildman–Crippen MR) is 148 cm³/mol. The van der Waals surface area contributed by atoms with Crippen molar-refractivity contribution in [1.29, 1.82) is 0 Å². The number of nitrogens with one attached hydrogen (secondary N) is 2. The summed E-state index contributed by atoms with van der Waals surface area (Å²) in [6.07, 6.45) is 1.05. The number of para-hydroxylation sites is 2. The predicted octanol–water partition coefficient (Wildman–Crippen LogP) is 4.84. The van der Waals surface area contributed by atoms with Gasteiger partial charge in [0.15, 0.2) is 0 Å². The van der Waals surface area contributed by atoms with Crippen LogP contribution in [0.15, 0.2) is 82.6 Å². The molecule has 0 atom stereocenters. The van der Waals surface area contributed by atoms with Crippen LogP contribution in [0.2, 0.25) is 0 Å². The number of morpholine rings is 1. The van der Waals surface area contributed by atoms with Gasteiger partial charge >= 0.3 is 0 Å². The third-order valence-corrected chi connectivity index (χ3v) is 8.29. The molecule has 3 aromatic carbocycles. The highest BCUT2D eigenvalue weighted by Gasteiger charge is 2.25. The van der Waals surface area contributed by atoms with E-state index in [1.807, 2.05) is 35.2 Å². The number of thioether (sulfide) groups is 1. The second-order valence-corrected chi connectivity index (χ2v) is 11.2. The van der Waals surface area contributed by atoms with Gasteiger partial charge in [0.1, 0.15) is 10.6 Å². The zero-order valence-corrected chi connectivity index (χ0v) is 22.3. The van der Waals surface area contributed by atoms with Gasteiger partial charge in [-0.3, -0.25) is 9.52 Å². The van der Waals surface area contributed by atoms with Crippen LogP contribution in [0.5, 0.6) is 5.75 Å². The maximum absolute atomic E-state index is 13.6. The second-order valence-electron chi connectivity index (χ2n) is 8.40. The summed E-state index contributed by atoms with van der Waals surface area (Å²) < 4.78 is 40.6. The van der Waals surface area contributed by atoms with Gasteiger partial charge in [-0.25, -0.2) is 8.42 Å². The minimum atomic E-state index is -4.00. The molecule has 37 heavy (non-hydrogen) atoms. The number of amides is 1. The first kappa shape index (κ1) is 26.8. The molecule has 8 nitrogen and oxygen atoms in total. The smallest absolute Gasteiger partial charge is 0.264 e. The molecule has 4 rings (SSSR count). The number of ether oxygens (including phenoxy) is 2. The summed E-state index contributed by atoms with van der Waals surface area (Å²) in [5.74, 6) is 1.07. The Morgan fingerprint density at radius 3 is 2.51 bits per heavy atom. The van der Waals surface area contributed by atoms with Gasteiger partial charge in [0.05, 0.1) is 31.7 Å². The Labute approximate surface area is 222 Å². The fourth-order valence-corrected chi connectivity index (χ4v) is 6.16. The molecule has 0 bridgehead atoms. The number of benzene rings is 3. The van der Waals surface area contributed by atoms with Crippen LogP contribution in [0.3, 0.4) is 0 Å². The number of methoxy groups -OCH3 is 1. The molecule has 196 valence electrons. The summed E-state index contributed by atoms with van der Waals surface area (Å²) in [7, 11) is -2.52. The lowest BCUT2D eigenvalue weighted by molar-refractivity contribution is -0.116. The summed E-state index contributed by atoms with van der Waals surface area (Å²) in [5.41, 5.74) is 1.32. The van der Waals surface area contributed by atoms with Gasteiger partial charge in [-0.1, -0.05) is 30.3 Å². The van der Waals surface area contributed by atoms with E-state index < -0.39 is 10.0 Å². The molecule has 2 N–H and O–H groups in total. The molecule has 1 amide bonds. The standard InChI is InChI=1S/C27H31N3O5S2/c1-34-25-11-6-5-10-23(25)29-37(32,33)26-20-21(13-14-24(26)30-15-17-35-18-16-30)28-27(31)12-7-19-36-22-8-3-2-4-9-22/h2-6,8-11,13-14,20,29H,7,12,15-19H2,1H3,(H,28,31). The van der Waals surface area contributed by atoms with Crippen LogP contribution in [-0.2, 0) is 19.6 Å². The molecule has 10 heteroatoms. The summed E-state index contributed by atoms with van der Waals surface area (Å²) in [6, 6.07) is 21.9. The van der Waals surface area contributed by atoms with Crippen molar-refractivity contribution in [3.05, 3.63) is 72.8 Å². The first-order valence-corrected chi connectivity index (χ1v) is 14.5. The molecule has 1 heterocycles. The Morgan fingerprint density at radius 2 is 1.76 bits per heavy atom. The number of rotatable bonds is 11. The van der Waals surface area contributed by atoms with E-state index in [9.17, 15) is 13.2 Å². The lowest BCUT2D eigenvalue weighted by atomic mass is 10.2. The number of carbonyl (C=O) groups excluding carboxylic acids is 1. The average molecular weight is 542 g/mol. The van der Waals surface area contributed by atoms with E-state index >= 15 is 0 Å². The summed E-state index contributed by atoms with van der Waals surface area (Å²) in [5, 5.41) is 2.86. The minimum absolute atomic E-state index is 0.0812. The van der Waals surface area contributed by atoms with E-state index in [-0.39, 0.29) is 10.8 Å². The summed E-state index contributed by atoms with van der Waals surface area (Å²) >= 11 is 1.70. The molecule has 0 aromatic heterocycles. The van der Waals surface area contributed by atoms with Crippen LogP contribution < -0.4 is 19.7 Å². The van der Waals surface area contributed by atoms with Crippen LogP contribution in [-0.4, -0.2) is 53.5 Å². The average Bonchev–Trinajstić information content (AvgIpc) is 2.92. The number of hydrogen-bond donors (Lipinski definition) is 2. The van der Waals surface area contributed by atoms with Gasteiger partial charge < -0.3 is 19.7 Å². The van der Waals surface area contributed by atoms with Crippen molar-refractivity contribution in [1.82, 2.24) is 0 Å². The fourth-order valence-electron chi connectivity index (χ4n) is 3.96. The maximum atomic E-state index is 13.6. The van der Waals surface area contributed by atoms with Crippen LogP contribution in [0.1, 0.15) is 12.8 Å². The maximum Gasteiger partial charge on any atom is 0.264 e. The Hall–Kier alpha value is -3.21. The van der Waals surface area contributed by atoms with E-state index in [0.717, 1.165) is 5.75 Å². The highest BCUT2D eigenvalue weighted by atomic mass is 32.2. The largest absolute Gasteiger partial charge is 0.495 e. The molecule has 0 saturated carbocycles. The van der Waals surface area contributed by atoms with Gasteiger partial charge in [0.2, 0.25) is 5.91 Å². The number of anilines is 3. The highest BCUT2D eigenvalue weighted by molar-refractivity contribution is 7.99. The molecule has 3 aromatic rings. The quantitative estimate of drug-likeness (QED) is 0.265. The third-order valence-electron chi connectivity index (χ3n) is 5.80. The van der Waals surface area contributed by atoms with Crippen LogP contribution >= 0.6 is 11.8 Å². The van der Waals surface area contributed by atoms with Crippen molar-refractivity contribution in [3.63, 3.8) is 0 Å². The summed E-state index contributed by atoms with van der Waals surface area (Å²) in [4.78, 5) is 15.8. The minimum Gasteiger partial charge on any atom is -0.495 e. The number of sulfonamides is 1. The number of nitrogens with zero attached hydrogens (tertiary/aromatic N) is 1. The zero-order chi connectivity index (χ0) is 26.1. The van der Waals surface area contributed by atoms with E-state index in [0.29, 0.717) is 62.0 Å². The van der Waals surface area contributed by atoms with E-state index in [2.05, 4.69) is 10.0 Å². The molecule has 1 saturated heterocycles. The Balaban J connectivity index is 1.49. The normalized spacial score (nSPS) is 13.7. The Bertz CT molecular complexity index is 1300. The molecular weight excluding hydrogens is 510 g/mol. The SMILES string of the molecule is COc1ccccc1NS(=O)(=O)c1cc(NC(=O)CCCSc2ccccc2)ccc1N1CCOCC1. The van der Waals surface area contributed by atoms with E-state index in [4.69, 9.17) is 9.47 Å². The molecule has 0 spiro atoms. The first-order valence-electron chi connectivity index (χ1n) is 12.1. The van der Waals surface area contributed by atoms with Gasteiger partial charge in [-0.05, 0) is 54.6 Å². The van der Waals surface area contributed by atoms with Crippen molar-refractivity contribution in [3.8, 4) is 5.75 Å². The number of carbonyl (C=O) groups is 1. The van der Waals surface area contributed by atoms with Gasteiger partial charge in [-0.15, -0.1) is 11.8 Å². The Morgan fingerprint density at radius 1 is 1.03 bits per heavy atom. The molecule has 0 radical (unpaired) electrons. The summed E-state index contributed by atoms with van der Waals surface area (Å²) in [6.45, 7) is 2.17. The number of hydrogen-bond acceptors (Lipinski definition) is 7. The van der Waals surface area contributed by atoms with Gasteiger partial charge in [0, 0.05) is 30.1 Å². The molecule has 1 fully saturated rings. The molecule has 1 aliphatic rings. The van der Waals surface area contributed by atoms with E-state index in [1.54, 1.807) is 48.2 Å². The van der Waals surface area contributed by atoms with Gasteiger partial charge in [-0.2, -0.15) is 0 Å². The van der Waals surface area contributed by atoms with Gasteiger partial charge in [0.25, 0.3) is 10.0 Å². The van der Waals surface area contributed by atoms with Crippen molar-refractivity contribution in [2.45, 2.75) is 22.6 Å². The van der Waals surface area contributed by atoms with Crippen LogP contribution in [0.4, 0.5) is 17.1 Å². The van der Waals surface area contributed by atoms with Crippen LogP contribution in [0.25, 0.3) is 0 Å². The highest BCUT2D eigenvalue weighted by Crippen LogP contribution is 2.33. The lowest BCUT2D eigenvalue weighted by Gasteiger charge is -2.30. The second kappa shape index (κ2) is 12.8. The van der Waals surface area contributed by atoms with Crippen molar-refractivity contribution in [2.24, 2.45) is 0 Å². The van der Waals surface area contributed by atoms with Crippen LogP contribution in [0, 0.1) is 0 Å². The van der Waals surface area contributed by atoms with Crippen molar-refractivity contribution >= 4 is 44.8 Å². The van der Waals surface area contributed by atoms with Crippen molar-refractivity contribution < 1.29 is 22.7 Å². The monoisotopic (exact) mass is 541 g/mol. The lowest BCUT2D eigenvalue weighted by Crippen LogP contribution is -2.37.